The third-order valence-corrected chi connectivity index (χ3v) is 6.44. The van der Waals surface area contributed by atoms with E-state index in [1.165, 1.54) is 0 Å². The van der Waals surface area contributed by atoms with Gasteiger partial charge in [-0.3, -0.25) is 4.79 Å². The molecule has 2 unspecified atom stereocenters. The van der Waals surface area contributed by atoms with Crippen LogP contribution in [-0.4, -0.2) is 41.8 Å². The van der Waals surface area contributed by atoms with Crippen molar-refractivity contribution in [2.45, 2.75) is 58.5 Å². The number of carboxylic acids is 1. The van der Waals surface area contributed by atoms with Crippen LogP contribution in [-0.2, 0) is 14.3 Å². The number of hydrogen-bond acceptors (Lipinski definition) is 4. The zero-order chi connectivity index (χ0) is 24.8. The molecule has 0 radical (unpaired) electrons. The van der Waals surface area contributed by atoms with Crippen LogP contribution in [0.1, 0.15) is 57.6 Å². The molecule has 3 atom stereocenters. The Morgan fingerprint density at radius 2 is 1.50 bits per heavy atom. The van der Waals surface area contributed by atoms with Crippen LogP contribution in [0.15, 0.2) is 48.5 Å². The van der Waals surface area contributed by atoms with Crippen molar-refractivity contribution in [3.63, 3.8) is 0 Å². The van der Waals surface area contributed by atoms with Crippen LogP contribution in [0.5, 0.6) is 0 Å². The first-order valence-corrected chi connectivity index (χ1v) is 11.9. The largest absolute Gasteiger partial charge is 0.480 e. The van der Waals surface area contributed by atoms with Crippen LogP contribution in [0, 0.1) is 11.8 Å². The summed E-state index contributed by atoms with van der Waals surface area (Å²) in [5, 5.41) is 14.8. The van der Waals surface area contributed by atoms with E-state index in [-0.39, 0.29) is 24.4 Å². The summed E-state index contributed by atoms with van der Waals surface area (Å²) in [6.07, 6.45) is 0.271. The molecule has 1 aliphatic rings. The van der Waals surface area contributed by atoms with Gasteiger partial charge in [0, 0.05) is 5.92 Å². The summed E-state index contributed by atoms with van der Waals surface area (Å²) in [6.45, 7) is 7.65. The van der Waals surface area contributed by atoms with E-state index in [0.29, 0.717) is 12.8 Å². The van der Waals surface area contributed by atoms with Crippen LogP contribution in [0.25, 0.3) is 11.1 Å². The molecule has 7 heteroatoms. The van der Waals surface area contributed by atoms with Gasteiger partial charge < -0.3 is 20.5 Å². The summed E-state index contributed by atoms with van der Waals surface area (Å²) in [5.41, 5.74) is 4.47. The van der Waals surface area contributed by atoms with Gasteiger partial charge >= 0.3 is 12.1 Å². The number of alkyl carbamates (subject to hydrolysis) is 1. The van der Waals surface area contributed by atoms with Gasteiger partial charge in [0.15, 0.2) is 0 Å². The van der Waals surface area contributed by atoms with Crippen molar-refractivity contribution in [2.24, 2.45) is 11.8 Å². The third-order valence-electron chi connectivity index (χ3n) is 6.44. The van der Waals surface area contributed by atoms with E-state index in [1.54, 1.807) is 6.92 Å². The maximum Gasteiger partial charge on any atom is 0.407 e. The van der Waals surface area contributed by atoms with Crippen LogP contribution in [0.3, 0.4) is 0 Å². The van der Waals surface area contributed by atoms with E-state index in [9.17, 15) is 19.5 Å². The van der Waals surface area contributed by atoms with Gasteiger partial charge in [-0.2, -0.15) is 0 Å². The number of amides is 2. The number of aliphatic carboxylic acids is 1. The van der Waals surface area contributed by atoms with E-state index in [1.807, 2.05) is 57.2 Å². The summed E-state index contributed by atoms with van der Waals surface area (Å²) >= 11 is 0. The second kappa shape index (κ2) is 11.2. The minimum Gasteiger partial charge on any atom is -0.480 e. The summed E-state index contributed by atoms with van der Waals surface area (Å²) in [6, 6.07) is 14.2. The molecule has 0 aromatic heterocycles. The molecule has 2 amide bonds. The molecule has 3 N–H and O–H groups in total. The maximum absolute atomic E-state index is 12.9. The lowest BCUT2D eigenvalue weighted by atomic mass is 9.97. The fourth-order valence-corrected chi connectivity index (χ4v) is 4.42. The highest BCUT2D eigenvalue weighted by Crippen LogP contribution is 2.44. The molecule has 1 aliphatic carbocycles. The van der Waals surface area contributed by atoms with Crippen LogP contribution >= 0.6 is 0 Å². The SMILES string of the molecule is CCC(C)C(NC(=O)[C@H](CC(C)C)NC(=O)OCC1c2ccccc2-c2ccccc21)C(=O)O. The Bertz CT molecular complexity index is 990. The quantitative estimate of drug-likeness (QED) is 0.476. The predicted octanol–water partition coefficient (Wildman–Crippen LogP) is 4.56. The Morgan fingerprint density at radius 1 is 0.941 bits per heavy atom. The first-order valence-electron chi connectivity index (χ1n) is 11.9. The zero-order valence-corrected chi connectivity index (χ0v) is 20.2. The van der Waals surface area contributed by atoms with Crippen LogP contribution < -0.4 is 10.6 Å². The lowest BCUT2D eigenvalue weighted by Gasteiger charge is -2.25. The van der Waals surface area contributed by atoms with Gasteiger partial charge in [0.2, 0.25) is 5.91 Å². The van der Waals surface area contributed by atoms with Crippen molar-refractivity contribution in [3.05, 3.63) is 59.7 Å². The summed E-state index contributed by atoms with van der Waals surface area (Å²) in [7, 11) is 0. The molecule has 34 heavy (non-hydrogen) atoms. The van der Waals surface area contributed by atoms with E-state index >= 15 is 0 Å². The molecule has 0 fully saturated rings. The van der Waals surface area contributed by atoms with Gasteiger partial charge in [-0.15, -0.1) is 0 Å². The predicted molar refractivity (Wildman–Crippen MR) is 130 cm³/mol. The van der Waals surface area contributed by atoms with E-state index in [2.05, 4.69) is 22.8 Å². The Labute approximate surface area is 200 Å². The summed E-state index contributed by atoms with van der Waals surface area (Å²) < 4.78 is 5.58. The minimum atomic E-state index is -1.09. The van der Waals surface area contributed by atoms with E-state index in [4.69, 9.17) is 4.74 Å². The molecule has 0 saturated carbocycles. The molecule has 3 rings (SSSR count). The standard InChI is InChI=1S/C27H34N2O5/c1-5-17(4)24(26(31)32)29-25(30)23(14-16(2)3)28-27(33)34-15-22-20-12-8-6-10-18(20)19-11-7-9-13-21(19)22/h6-13,16-17,22-24H,5,14-15H2,1-4H3,(H,28,33)(H,29,30)(H,31,32)/t17?,23-,24?/m0/s1. The number of rotatable bonds is 10. The highest BCUT2D eigenvalue weighted by molar-refractivity contribution is 5.89. The number of benzene rings is 2. The molecular formula is C27H34N2O5. The molecule has 0 saturated heterocycles. The van der Waals surface area contributed by atoms with Gasteiger partial charge in [0.05, 0.1) is 0 Å². The lowest BCUT2D eigenvalue weighted by Crippen LogP contribution is -2.53. The topological polar surface area (TPSA) is 105 Å². The number of carbonyl (C=O) groups excluding carboxylic acids is 2. The van der Waals surface area contributed by atoms with Crippen LogP contribution in [0.4, 0.5) is 4.79 Å². The smallest absolute Gasteiger partial charge is 0.407 e. The fraction of sp³-hybridized carbons (Fsp3) is 0.444. The molecule has 0 bridgehead atoms. The first kappa shape index (κ1) is 25.3. The Balaban J connectivity index is 1.67. The van der Waals surface area contributed by atoms with Crippen molar-refractivity contribution in [1.29, 1.82) is 0 Å². The van der Waals surface area contributed by atoms with Crippen molar-refractivity contribution in [2.75, 3.05) is 6.61 Å². The molecule has 2 aromatic rings. The van der Waals surface area contributed by atoms with Gasteiger partial charge in [0.25, 0.3) is 0 Å². The number of hydrogen-bond donors (Lipinski definition) is 3. The molecule has 0 spiro atoms. The Hall–Kier alpha value is -3.35. The highest BCUT2D eigenvalue weighted by atomic mass is 16.5. The van der Waals surface area contributed by atoms with E-state index < -0.39 is 30.1 Å². The van der Waals surface area contributed by atoms with Gasteiger partial charge in [0.1, 0.15) is 18.7 Å². The van der Waals surface area contributed by atoms with Gasteiger partial charge in [-0.25, -0.2) is 9.59 Å². The maximum atomic E-state index is 12.9. The van der Waals surface area contributed by atoms with Crippen LogP contribution in [0.2, 0.25) is 0 Å². The third kappa shape index (κ3) is 5.76. The second-order valence-electron chi connectivity index (χ2n) is 9.36. The normalized spacial score (nSPS) is 15.1. The Morgan fingerprint density at radius 3 is 2.00 bits per heavy atom. The number of carbonyl (C=O) groups is 3. The molecule has 0 heterocycles. The molecule has 2 aromatic carbocycles. The minimum absolute atomic E-state index is 0.0858. The van der Waals surface area contributed by atoms with Crippen molar-refractivity contribution in [3.8, 4) is 11.1 Å². The molecule has 182 valence electrons. The number of fused-ring (bicyclic) bond motifs is 3. The second-order valence-corrected chi connectivity index (χ2v) is 9.36. The first-order chi connectivity index (χ1) is 16.2. The van der Waals surface area contributed by atoms with Crippen molar-refractivity contribution in [1.82, 2.24) is 10.6 Å². The average Bonchev–Trinajstić information content (AvgIpc) is 3.13. The Kier molecular flexibility index (Phi) is 8.31. The van der Waals surface area contributed by atoms with Crippen molar-refractivity contribution < 1.29 is 24.2 Å². The number of nitrogens with one attached hydrogen (secondary N) is 2. The van der Waals surface area contributed by atoms with Crippen molar-refractivity contribution >= 4 is 18.0 Å². The molecule has 7 nitrogen and oxygen atoms in total. The average molecular weight is 467 g/mol. The fourth-order valence-electron chi connectivity index (χ4n) is 4.42. The summed E-state index contributed by atoms with van der Waals surface area (Å²) in [5.74, 6) is -1.83. The number of ether oxygens (including phenoxy) is 1. The number of carboxylic acid groups (broad SMARTS) is 1. The monoisotopic (exact) mass is 466 g/mol. The van der Waals surface area contributed by atoms with E-state index in [0.717, 1.165) is 22.3 Å². The molecular weight excluding hydrogens is 432 g/mol. The highest BCUT2D eigenvalue weighted by Gasteiger charge is 2.32. The zero-order valence-electron chi connectivity index (χ0n) is 20.2. The lowest BCUT2D eigenvalue weighted by molar-refractivity contribution is -0.143. The van der Waals surface area contributed by atoms with Gasteiger partial charge in [-0.05, 0) is 40.5 Å². The van der Waals surface area contributed by atoms with Gasteiger partial charge in [-0.1, -0.05) is 82.6 Å². The summed E-state index contributed by atoms with van der Waals surface area (Å²) in [4.78, 5) is 37.2. The molecule has 0 aliphatic heterocycles.